The standard InChI is InChI=1S/C11H21NO2/c1-8(2)9-3-5-10(6-4-9)12-7-11(13)14/h8-10,12H,3-7H2,1-2H3,(H,13,14). The van der Waals surface area contributed by atoms with Crippen LogP contribution in [0, 0.1) is 11.8 Å². The van der Waals surface area contributed by atoms with Gasteiger partial charge >= 0.3 is 5.97 Å². The van der Waals surface area contributed by atoms with Crippen molar-refractivity contribution < 1.29 is 9.90 Å². The van der Waals surface area contributed by atoms with Crippen LogP contribution < -0.4 is 5.32 Å². The van der Waals surface area contributed by atoms with Crippen LogP contribution in [0.2, 0.25) is 0 Å². The highest BCUT2D eigenvalue weighted by atomic mass is 16.4. The summed E-state index contributed by atoms with van der Waals surface area (Å²) in [7, 11) is 0. The highest BCUT2D eigenvalue weighted by molar-refractivity contribution is 5.69. The fraction of sp³-hybridized carbons (Fsp3) is 0.909. The zero-order chi connectivity index (χ0) is 10.6. The molecule has 82 valence electrons. The Bertz CT molecular complexity index is 184. The van der Waals surface area contributed by atoms with E-state index in [9.17, 15) is 4.79 Å². The molecule has 3 nitrogen and oxygen atoms in total. The first kappa shape index (κ1) is 11.5. The smallest absolute Gasteiger partial charge is 0.317 e. The highest BCUT2D eigenvalue weighted by Gasteiger charge is 2.22. The normalized spacial score (nSPS) is 27.9. The van der Waals surface area contributed by atoms with Crippen LogP contribution in [-0.4, -0.2) is 23.7 Å². The van der Waals surface area contributed by atoms with E-state index in [1.165, 1.54) is 12.8 Å². The Hall–Kier alpha value is -0.570. The third kappa shape index (κ3) is 3.66. The summed E-state index contributed by atoms with van der Waals surface area (Å²) in [5.41, 5.74) is 0. The molecule has 0 amide bonds. The van der Waals surface area contributed by atoms with Crippen molar-refractivity contribution in [3.63, 3.8) is 0 Å². The molecule has 0 aromatic heterocycles. The van der Waals surface area contributed by atoms with E-state index in [2.05, 4.69) is 19.2 Å². The van der Waals surface area contributed by atoms with Crippen LogP contribution in [0.1, 0.15) is 39.5 Å². The van der Waals surface area contributed by atoms with E-state index in [0.717, 1.165) is 24.7 Å². The molecule has 0 spiro atoms. The van der Waals surface area contributed by atoms with E-state index >= 15 is 0 Å². The zero-order valence-corrected chi connectivity index (χ0v) is 9.12. The molecule has 0 radical (unpaired) electrons. The summed E-state index contributed by atoms with van der Waals surface area (Å²) in [6.45, 7) is 4.66. The van der Waals surface area contributed by atoms with Gasteiger partial charge in [0.1, 0.15) is 0 Å². The molecule has 14 heavy (non-hydrogen) atoms. The lowest BCUT2D eigenvalue weighted by molar-refractivity contribution is -0.136. The maximum absolute atomic E-state index is 10.4. The molecule has 0 aromatic rings. The molecule has 0 heterocycles. The first-order chi connectivity index (χ1) is 6.59. The number of hydrogen-bond acceptors (Lipinski definition) is 2. The minimum Gasteiger partial charge on any atom is -0.480 e. The van der Waals surface area contributed by atoms with E-state index in [0.29, 0.717) is 6.04 Å². The van der Waals surface area contributed by atoms with Crippen LogP contribution in [0.25, 0.3) is 0 Å². The van der Waals surface area contributed by atoms with Crippen LogP contribution in [-0.2, 0) is 4.79 Å². The van der Waals surface area contributed by atoms with Crippen LogP contribution in [0.3, 0.4) is 0 Å². The Morgan fingerprint density at radius 1 is 1.36 bits per heavy atom. The Kier molecular flexibility index (Phi) is 4.39. The minimum absolute atomic E-state index is 0.108. The molecule has 0 bridgehead atoms. The SMILES string of the molecule is CC(C)C1CCC(NCC(=O)O)CC1. The number of carboxylic acid groups (broad SMARTS) is 1. The molecule has 0 saturated heterocycles. The van der Waals surface area contributed by atoms with Gasteiger partial charge in [0.05, 0.1) is 6.54 Å². The van der Waals surface area contributed by atoms with Crippen molar-refractivity contribution in [3.8, 4) is 0 Å². The van der Waals surface area contributed by atoms with Gasteiger partial charge in [-0.05, 0) is 37.5 Å². The molecular formula is C11H21NO2. The Balaban J connectivity index is 2.19. The largest absolute Gasteiger partial charge is 0.480 e. The topological polar surface area (TPSA) is 49.3 Å². The molecule has 1 fully saturated rings. The first-order valence-corrected chi connectivity index (χ1v) is 5.54. The number of aliphatic carboxylic acids is 1. The molecule has 1 rings (SSSR count). The van der Waals surface area contributed by atoms with Crippen molar-refractivity contribution in [1.82, 2.24) is 5.32 Å². The number of nitrogens with one attached hydrogen (secondary N) is 1. The van der Waals surface area contributed by atoms with Gasteiger partial charge in [-0.3, -0.25) is 4.79 Å². The number of hydrogen-bond donors (Lipinski definition) is 2. The summed E-state index contributed by atoms with van der Waals surface area (Å²) >= 11 is 0. The van der Waals surface area contributed by atoms with E-state index in [-0.39, 0.29) is 6.54 Å². The average Bonchev–Trinajstić information content (AvgIpc) is 2.15. The van der Waals surface area contributed by atoms with Crippen molar-refractivity contribution >= 4 is 5.97 Å². The first-order valence-electron chi connectivity index (χ1n) is 5.54. The van der Waals surface area contributed by atoms with Crippen LogP contribution in [0.15, 0.2) is 0 Å². The van der Waals surface area contributed by atoms with E-state index in [4.69, 9.17) is 5.11 Å². The number of carboxylic acids is 1. The van der Waals surface area contributed by atoms with Gasteiger partial charge in [-0.15, -0.1) is 0 Å². The predicted octanol–water partition coefficient (Wildman–Crippen LogP) is 1.88. The summed E-state index contributed by atoms with van der Waals surface area (Å²) in [5.74, 6) is 0.865. The van der Waals surface area contributed by atoms with Gasteiger partial charge < -0.3 is 10.4 Å². The van der Waals surface area contributed by atoms with E-state index < -0.39 is 5.97 Å². The summed E-state index contributed by atoms with van der Waals surface area (Å²) in [6.07, 6.45) is 4.76. The maximum Gasteiger partial charge on any atom is 0.317 e. The molecule has 1 aliphatic rings. The van der Waals surface area contributed by atoms with Gasteiger partial charge in [0.15, 0.2) is 0 Å². The molecular weight excluding hydrogens is 178 g/mol. The number of carbonyl (C=O) groups is 1. The summed E-state index contributed by atoms with van der Waals surface area (Å²) in [6, 6.07) is 0.432. The van der Waals surface area contributed by atoms with Gasteiger partial charge in [0.2, 0.25) is 0 Å². The van der Waals surface area contributed by atoms with Crippen molar-refractivity contribution in [2.75, 3.05) is 6.54 Å². The van der Waals surface area contributed by atoms with Crippen molar-refractivity contribution in [2.24, 2.45) is 11.8 Å². The van der Waals surface area contributed by atoms with E-state index in [1.807, 2.05) is 0 Å². The lowest BCUT2D eigenvalue weighted by Crippen LogP contribution is -2.37. The summed E-state index contributed by atoms with van der Waals surface area (Å²) in [4.78, 5) is 10.4. The fourth-order valence-electron chi connectivity index (χ4n) is 2.22. The fourth-order valence-corrected chi connectivity index (χ4v) is 2.22. The van der Waals surface area contributed by atoms with Crippen LogP contribution >= 0.6 is 0 Å². The lowest BCUT2D eigenvalue weighted by atomic mass is 9.80. The Morgan fingerprint density at radius 2 is 1.93 bits per heavy atom. The number of rotatable bonds is 4. The van der Waals surface area contributed by atoms with Crippen molar-refractivity contribution in [3.05, 3.63) is 0 Å². The quantitative estimate of drug-likeness (QED) is 0.726. The molecule has 0 unspecified atom stereocenters. The zero-order valence-electron chi connectivity index (χ0n) is 9.12. The summed E-state index contributed by atoms with van der Waals surface area (Å²) in [5, 5.41) is 11.6. The van der Waals surface area contributed by atoms with Gasteiger partial charge in [-0.1, -0.05) is 13.8 Å². The van der Waals surface area contributed by atoms with Crippen LogP contribution in [0.5, 0.6) is 0 Å². The maximum atomic E-state index is 10.4. The molecule has 1 saturated carbocycles. The van der Waals surface area contributed by atoms with Crippen molar-refractivity contribution in [2.45, 2.75) is 45.6 Å². The Morgan fingerprint density at radius 3 is 2.36 bits per heavy atom. The molecule has 1 aliphatic carbocycles. The molecule has 0 aliphatic heterocycles. The van der Waals surface area contributed by atoms with Gasteiger partial charge in [-0.25, -0.2) is 0 Å². The molecule has 0 atom stereocenters. The molecule has 0 aromatic carbocycles. The van der Waals surface area contributed by atoms with Gasteiger partial charge in [-0.2, -0.15) is 0 Å². The highest BCUT2D eigenvalue weighted by Crippen LogP contribution is 2.29. The predicted molar refractivity (Wildman–Crippen MR) is 56.2 cm³/mol. The third-order valence-corrected chi connectivity index (χ3v) is 3.26. The monoisotopic (exact) mass is 199 g/mol. The molecule has 3 heteroatoms. The third-order valence-electron chi connectivity index (χ3n) is 3.26. The second kappa shape index (κ2) is 5.35. The van der Waals surface area contributed by atoms with Gasteiger partial charge in [0.25, 0.3) is 0 Å². The second-order valence-electron chi connectivity index (χ2n) is 4.63. The van der Waals surface area contributed by atoms with Gasteiger partial charge in [0, 0.05) is 6.04 Å². The summed E-state index contributed by atoms with van der Waals surface area (Å²) < 4.78 is 0. The van der Waals surface area contributed by atoms with Crippen LogP contribution in [0.4, 0.5) is 0 Å². The van der Waals surface area contributed by atoms with Crippen molar-refractivity contribution in [1.29, 1.82) is 0 Å². The Labute approximate surface area is 85.9 Å². The average molecular weight is 199 g/mol. The van der Waals surface area contributed by atoms with E-state index in [1.54, 1.807) is 0 Å². The minimum atomic E-state index is -0.754. The second-order valence-corrected chi connectivity index (χ2v) is 4.63. The molecule has 2 N–H and O–H groups in total. The lowest BCUT2D eigenvalue weighted by Gasteiger charge is -2.31.